The number of H-pyrrole nitrogens is 1. The normalized spacial score (nSPS) is 11.2. The van der Waals surface area contributed by atoms with Gasteiger partial charge in [0.1, 0.15) is 20.9 Å². The summed E-state index contributed by atoms with van der Waals surface area (Å²) in [7, 11) is -3.77. The van der Waals surface area contributed by atoms with Crippen molar-refractivity contribution in [1.29, 1.82) is 5.26 Å². The number of rotatable bonds is 4. The van der Waals surface area contributed by atoms with Gasteiger partial charge >= 0.3 is 0 Å². The van der Waals surface area contributed by atoms with Gasteiger partial charge < -0.3 is 0 Å². The van der Waals surface area contributed by atoms with E-state index < -0.39 is 10.0 Å². The van der Waals surface area contributed by atoms with E-state index in [2.05, 4.69) is 14.9 Å². The van der Waals surface area contributed by atoms with Crippen molar-refractivity contribution in [1.82, 2.24) is 10.2 Å². The van der Waals surface area contributed by atoms with Gasteiger partial charge in [0.25, 0.3) is 10.0 Å². The molecule has 0 atom stereocenters. The fraction of sp³-hybridized carbons (Fsp3) is 0.111. The van der Waals surface area contributed by atoms with E-state index in [1.807, 2.05) is 6.07 Å². The van der Waals surface area contributed by atoms with Crippen LogP contribution in [0.2, 0.25) is 4.34 Å². The van der Waals surface area contributed by atoms with Crippen LogP contribution in [-0.4, -0.2) is 24.9 Å². The average Bonchev–Trinajstić information content (AvgIpc) is 2.95. The lowest BCUT2D eigenvalue weighted by Crippen LogP contribution is -2.12. The number of nitrogens with one attached hydrogen (secondary N) is 2. The number of thioether (sulfide) groups is 1. The molecule has 0 aliphatic rings. The Morgan fingerprint density at radius 1 is 1.58 bits per heavy atom. The van der Waals surface area contributed by atoms with Gasteiger partial charge in [-0.25, -0.2) is 8.42 Å². The molecule has 0 amide bonds. The van der Waals surface area contributed by atoms with Crippen LogP contribution in [0.25, 0.3) is 0 Å². The molecule has 0 saturated heterocycles. The second kappa shape index (κ2) is 5.42. The summed E-state index contributed by atoms with van der Waals surface area (Å²) in [5, 5.41) is 15.8. The van der Waals surface area contributed by atoms with Gasteiger partial charge in [-0.05, 0) is 18.4 Å². The van der Waals surface area contributed by atoms with Crippen LogP contribution < -0.4 is 4.72 Å². The van der Waals surface area contributed by atoms with E-state index in [-0.39, 0.29) is 15.6 Å². The molecular formula is C9H7ClN4O2S3. The third-order valence-corrected chi connectivity index (χ3v) is 5.84. The van der Waals surface area contributed by atoms with Crippen LogP contribution >= 0.6 is 34.7 Å². The van der Waals surface area contributed by atoms with Crippen LogP contribution in [0.4, 0.5) is 5.82 Å². The minimum atomic E-state index is -3.77. The number of halogens is 1. The van der Waals surface area contributed by atoms with Gasteiger partial charge in [0.2, 0.25) is 0 Å². The molecule has 2 heterocycles. The SMILES string of the molecule is CSc1n[nH]c(NS(=O)(=O)c2ccc(Cl)s2)c1C#N. The molecule has 0 radical (unpaired) electrons. The Kier molecular flexibility index (Phi) is 4.05. The van der Waals surface area contributed by atoms with Crippen molar-refractivity contribution in [2.24, 2.45) is 0 Å². The van der Waals surface area contributed by atoms with Crippen molar-refractivity contribution < 1.29 is 8.42 Å². The molecule has 2 aromatic heterocycles. The van der Waals surface area contributed by atoms with E-state index in [1.165, 1.54) is 23.9 Å². The molecule has 0 aliphatic carbocycles. The summed E-state index contributed by atoms with van der Waals surface area (Å²) in [5.74, 6) is 0.0522. The number of sulfonamides is 1. The molecule has 6 nitrogen and oxygen atoms in total. The summed E-state index contributed by atoms with van der Waals surface area (Å²) in [6.45, 7) is 0. The van der Waals surface area contributed by atoms with Crippen molar-refractivity contribution in [3.63, 3.8) is 0 Å². The standard InChI is InChI=1S/C9H7ClN4O2S3/c1-17-9-5(4-11)8(12-13-9)14-19(15,16)7-3-2-6(10)18-7/h2-3H,1H3,(H2,12,13,14). The maximum atomic E-state index is 12.1. The largest absolute Gasteiger partial charge is 0.272 e. The number of thiophene rings is 1. The molecule has 2 rings (SSSR count). The highest BCUT2D eigenvalue weighted by molar-refractivity contribution is 7.98. The first-order valence-corrected chi connectivity index (χ1v) is 8.69. The van der Waals surface area contributed by atoms with Crippen molar-refractivity contribution in [3.8, 4) is 6.07 Å². The predicted octanol–water partition coefficient (Wildman–Crippen LogP) is 2.52. The molecule has 0 fully saturated rings. The second-order valence-electron chi connectivity index (χ2n) is 3.26. The lowest BCUT2D eigenvalue weighted by molar-refractivity contribution is 0.603. The van der Waals surface area contributed by atoms with Crippen molar-refractivity contribution in [2.45, 2.75) is 9.24 Å². The van der Waals surface area contributed by atoms with E-state index in [0.29, 0.717) is 9.36 Å². The molecule has 0 saturated carbocycles. The molecule has 0 spiro atoms. The highest BCUT2D eigenvalue weighted by Crippen LogP contribution is 2.29. The van der Waals surface area contributed by atoms with E-state index >= 15 is 0 Å². The molecule has 2 N–H and O–H groups in total. The highest BCUT2D eigenvalue weighted by Gasteiger charge is 2.21. The lowest BCUT2D eigenvalue weighted by Gasteiger charge is -2.03. The Hall–Kier alpha value is -1.21. The topological polar surface area (TPSA) is 98.6 Å². The number of hydrogen-bond acceptors (Lipinski definition) is 6. The minimum absolute atomic E-state index is 0.0522. The van der Waals surface area contributed by atoms with Crippen LogP contribution in [0.5, 0.6) is 0 Å². The van der Waals surface area contributed by atoms with Crippen LogP contribution in [0.3, 0.4) is 0 Å². The molecule has 19 heavy (non-hydrogen) atoms. The fourth-order valence-corrected chi connectivity index (χ4v) is 4.28. The molecule has 2 aromatic rings. The summed E-state index contributed by atoms with van der Waals surface area (Å²) >= 11 is 7.89. The van der Waals surface area contributed by atoms with Crippen LogP contribution in [0.15, 0.2) is 21.4 Å². The maximum Gasteiger partial charge on any atom is 0.272 e. The Balaban J connectivity index is 2.36. The first-order chi connectivity index (χ1) is 8.97. The third kappa shape index (κ3) is 2.87. The van der Waals surface area contributed by atoms with Crippen molar-refractivity contribution in [2.75, 3.05) is 11.0 Å². The van der Waals surface area contributed by atoms with Crippen LogP contribution in [-0.2, 0) is 10.0 Å². The number of nitrogens with zero attached hydrogens (tertiary/aromatic N) is 2. The molecule has 0 aliphatic heterocycles. The molecule has 100 valence electrons. The zero-order valence-electron chi connectivity index (χ0n) is 9.47. The van der Waals surface area contributed by atoms with E-state index in [9.17, 15) is 8.42 Å². The van der Waals surface area contributed by atoms with E-state index in [1.54, 1.807) is 6.26 Å². The van der Waals surface area contributed by atoms with Gasteiger partial charge in [-0.3, -0.25) is 9.82 Å². The van der Waals surface area contributed by atoms with Gasteiger partial charge in [0.05, 0.1) is 4.34 Å². The Morgan fingerprint density at radius 3 is 2.84 bits per heavy atom. The van der Waals surface area contributed by atoms with Crippen LogP contribution in [0, 0.1) is 11.3 Å². The van der Waals surface area contributed by atoms with E-state index in [4.69, 9.17) is 16.9 Å². The van der Waals surface area contributed by atoms with Gasteiger partial charge in [-0.15, -0.1) is 23.1 Å². The maximum absolute atomic E-state index is 12.1. The number of hydrogen-bond donors (Lipinski definition) is 2. The number of nitriles is 1. The van der Waals surface area contributed by atoms with Gasteiger partial charge in [-0.2, -0.15) is 10.4 Å². The monoisotopic (exact) mass is 334 g/mol. The van der Waals surface area contributed by atoms with Gasteiger partial charge in [-0.1, -0.05) is 11.6 Å². The van der Waals surface area contributed by atoms with Gasteiger partial charge in [0, 0.05) is 0 Å². The summed E-state index contributed by atoms with van der Waals surface area (Å²) in [5.41, 5.74) is 0.165. The summed E-state index contributed by atoms with van der Waals surface area (Å²) in [6.07, 6.45) is 1.74. The molecular weight excluding hydrogens is 328 g/mol. The Labute approximate surface area is 122 Å². The minimum Gasteiger partial charge on any atom is -0.262 e. The lowest BCUT2D eigenvalue weighted by atomic mass is 10.4. The van der Waals surface area contributed by atoms with Crippen LogP contribution in [0.1, 0.15) is 5.56 Å². The fourth-order valence-electron chi connectivity index (χ4n) is 1.28. The van der Waals surface area contributed by atoms with Crippen molar-refractivity contribution >= 4 is 50.5 Å². The molecule has 10 heteroatoms. The Morgan fingerprint density at radius 2 is 2.32 bits per heavy atom. The number of aromatic amines is 1. The number of anilines is 1. The molecule has 0 unspecified atom stereocenters. The van der Waals surface area contributed by atoms with Crippen molar-refractivity contribution in [3.05, 3.63) is 22.0 Å². The first-order valence-electron chi connectivity index (χ1n) is 4.78. The summed E-state index contributed by atoms with van der Waals surface area (Å²) < 4.78 is 26.8. The van der Waals surface area contributed by atoms with E-state index in [0.717, 1.165) is 11.3 Å². The Bertz CT molecular complexity index is 744. The summed E-state index contributed by atoms with van der Waals surface area (Å²) in [6, 6.07) is 4.80. The average molecular weight is 335 g/mol. The summed E-state index contributed by atoms with van der Waals surface area (Å²) in [4.78, 5) is 0. The molecule has 0 aromatic carbocycles. The first kappa shape index (κ1) is 14.2. The zero-order valence-corrected chi connectivity index (χ0v) is 12.7. The smallest absolute Gasteiger partial charge is 0.262 e. The highest BCUT2D eigenvalue weighted by atomic mass is 35.5. The third-order valence-electron chi connectivity index (χ3n) is 2.09. The zero-order chi connectivity index (χ0) is 14.0. The quantitative estimate of drug-likeness (QED) is 0.837. The number of aromatic nitrogens is 2. The van der Waals surface area contributed by atoms with Gasteiger partial charge in [0.15, 0.2) is 5.82 Å². The molecule has 0 bridgehead atoms. The second-order valence-corrected chi connectivity index (χ2v) is 7.68. The predicted molar refractivity (Wildman–Crippen MR) is 75.2 cm³/mol.